The summed E-state index contributed by atoms with van der Waals surface area (Å²) < 4.78 is 33.3. The van der Waals surface area contributed by atoms with E-state index in [0.29, 0.717) is 26.1 Å². The molecular formula is C12H22N2O4S2. The maximum absolute atomic E-state index is 12.7. The van der Waals surface area contributed by atoms with Crippen LogP contribution in [0.4, 0.5) is 0 Å². The first kappa shape index (κ1) is 16.1. The lowest BCUT2D eigenvalue weighted by atomic mass is 10.1. The third-order valence-corrected chi connectivity index (χ3v) is 6.60. The van der Waals surface area contributed by atoms with Crippen molar-refractivity contribution < 1.29 is 17.9 Å². The Hall–Kier alpha value is -0.310. The summed E-state index contributed by atoms with van der Waals surface area (Å²) in [5, 5.41) is 0. The molecule has 0 aromatic carbocycles. The van der Waals surface area contributed by atoms with Crippen LogP contribution in [0.25, 0.3) is 0 Å². The van der Waals surface area contributed by atoms with Crippen molar-refractivity contribution in [3.05, 3.63) is 0 Å². The van der Waals surface area contributed by atoms with Crippen molar-refractivity contribution in [1.82, 2.24) is 8.61 Å². The minimum atomic E-state index is -3.55. The van der Waals surface area contributed by atoms with E-state index in [9.17, 15) is 13.2 Å². The smallest absolute Gasteiger partial charge is 0.324 e. The Morgan fingerprint density at radius 3 is 2.60 bits per heavy atom. The molecule has 0 spiro atoms. The normalized spacial score (nSPS) is 26.4. The molecule has 0 N–H and O–H groups in total. The fourth-order valence-electron chi connectivity index (χ4n) is 2.58. The standard InChI is InChI=1S/C12H22N2O4S2/c1-2-18-12(15)11-5-3-4-6-14(11)20(16,17)13-7-9-19-10-8-13/h11H,2-10H2,1H3. The van der Waals surface area contributed by atoms with Crippen LogP contribution in [-0.4, -0.2) is 66.8 Å². The quantitative estimate of drug-likeness (QED) is 0.713. The average molecular weight is 322 g/mol. The Morgan fingerprint density at radius 2 is 1.95 bits per heavy atom. The third-order valence-electron chi connectivity index (χ3n) is 3.61. The van der Waals surface area contributed by atoms with Crippen LogP contribution in [-0.2, 0) is 19.7 Å². The Morgan fingerprint density at radius 1 is 1.25 bits per heavy atom. The summed E-state index contributed by atoms with van der Waals surface area (Å²) in [6, 6.07) is -0.650. The zero-order valence-electron chi connectivity index (χ0n) is 11.8. The van der Waals surface area contributed by atoms with Crippen molar-refractivity contribution in [2.75, 3.05) is 37.7 Å². The number of carbonyl (C=O) groups excluding carboxylic acids is 1. The van der Waals surface area contributed by atoms with E-state index >= 15 is 0 Å². The second-order valence-electron chi connectivity index (χ2n) is 4.89. The minimum Gasteiger partial charge on any atom is -0.465 e. The van der Waals surface area contributed by atoms with Gasteiger partial charge in [-0.3, -0.25) is 4.79 Å². The minimum absolute atomic E-state index is 0.281. The fraction of sp³-hybridized carbons (Fsp3) is 0.917. The van der Waals surface area contributed by atoms with Crippen LogP contribution in [0.3, 0.4) is 0 Å². The highest BCUT2D eigenvalue weighted by atomic mass is 32.2. The molecule has 2 heterocycles. The molecule has 2 aliphatic heterocycles. The highest BCUT2D eigenvalue weighted by Crippen LogP contribution is 2.25. The summed E-state index contributed by atoms with van der Waals surface area (Å²) in [7, 11) is -3.55. The maximum atomic E-state index is 12.7. The summed E-state index contributed by atoms with van der Waals surface area (Å²) in [5.41, 5.74) is 0. The van der Waals surface area contributed by atoms with Crippen LogP contribution in [0.15, 0.2) is 0 Å². The SMILES string of the molecule is CCOC(=O)C1CCCCN1S(=O)(=O)N1CCSCC1. The van der Waals surface area contributed by atoms with Crippen LogP contribution in [0, 0.1) is 0 Å². The van der Waals surface area contributed by atoms with E-state index in [1.807, 2.05) is 0 Å². The van der Waals surface area contributed by atoms with Gasteiger partial charge < -0.3 is 4.74 Å². The van der Waals surface area contributed by atoms with E-state index in [-0.39, 0.29) is 6.61 Å². The maximum Gasteiger partial charge on any atom is 0.324 e. The predicted octanol–water partition coefficient (Wildman–Crippen LogP) is 0.698. The topological polar surface area (TPSA) is 66.9 Å². The van der Waals surface area contributed by atoms with Gasteiger partial charge in [-0.1, -0.05) is 0 Å². The van der Waals surface area contributed by atoms with Gasteiger partial charge in [0.1, 0.15) is 6.04 Å². The van der Waals surface area contributed by atoms with E-state index in [0.717, 1.165) is 24.3 Å². The number of nitrogens with zero attached hydrogens (tertiary/aromatic N) is 2. The molecule has 2 rings (SSSR count). The summed E-state index contributed by atoms with van der Waals surface area (Å²) in [6.07, 6.45) is 2.23. The van der Waals surface area contributed by atoms with Gasteiger partial charge in [-0.2, -0.15) is 28.8 Å². The lowest BCUT2D eigenvalue weighted by Gasteiger charge is -2.37. The van der Waals surface area contributed by atoms with Crippen molar-refractivity contribution in [3.63, 3.8) is 0 Å². The van der Waals surface area contributed by atoms with Crippen LogP contribution < -0.4 is 0 Å². The molecule has 0 amide bonds. The van der Waals surface area contributed by atoms with Gasteiger partial charge in [0.05, 0.1) is 6.61 Å². The fourth-order valence-corrected chi connectivity index (χ4v) is 5.53. The molecule has 1 unspecified atom stereocenters. The zero-order valence-corrected chi connectivity index (χ0v) is 13.4. The predicted molar refractivity (Wildman–Crippen MR) is 78.8 cm³/mol. The molecule has 6 nitrogen and oxygen atoms in total. The van der Waals surface area contributed by atoms with Gasteiger partial charge in [0.15, 0.2) is 0 Å². The molecule has 0 bridgehead atoms. The van der Waals surface area contributed by atoms with Gasteiger partial charge in [-0.15, -0.1) is 0 Å². The lowest BCUT2D eigenvalue weighted by Crippen LogP contribution is -2.55. The van der Waals surface area contributed by atoms with Gasteiger partial charge in [-0.25, -0.2) is 0 Å². The largest absolute Gasteiger partial charge is 0.465 e. The number of rotatable bonds is 4. The van der Waals surface area contributed by atoms with E-state index in [2.05, 4.69) is 0 Å². The van der Waals surface area contributed by atoms with E-state index in [1.54, 1.807) is 18.7 Å². The molecule has 2 aliphatic rings. The molecule has 20 heavy (non-hydrogen) atoms. The van der Waals surface area contributed by atoms with Crippen LogP contribution >= 0.6 is 11.8 Å². The Labute approximate surface area is 125 Å². The summed E-state index contributed by atoms with van der Waals surface area (Å²) in [5.74, 6) is 1.22. The van der Waals surface area contributed by atoms with Gasteiger partial charge in [0, 0.05) is 31.1 Å². The first-order valence-electron chi connectivity index (χ1n) is 7.08. The van der Waals surface area contributed by atoms with Gasteiger partial charge in [-0.05, 0) is 26.2 Å². The third kappa shape index (κ3) is 3.47. The Balaban J connectivity index is 2.15. The van der Waals surface area contributed by atoms with Crippen LogP contribution in [0.2, 0.25) is 0 Å². The van der Waals surface area contributed by atoms with Crippen LogP contribution in [0.5, 0.6) is 0 Å². The van der Waals surface area contributed by atoms with Crippen molar-refractivity contribution in [1.29, 1.82) is 0 Å². The van der Waals surface area contributed by atoms with Crippen molar-refractivity contribution in [3.8, 4) is 0 Å². The number of piperidine rings is 1. The lowest BCUT2D eigenvalue weighted by molar-refractivity contribution is -0.148. The van der Waals surface area contributed by atoms with Crippen molar-refractivity contribution in [2.45, 2.75) is 32.2 Å². The van der Waals surface area contributed by atoms with Crippen LogP contribution in [0.1, 0.15) is 26.2 Å². The van der Waals surface area contributed by atoms with E-state index in [1.165, 1.54) is 8.61 Å². The molecule has 0 radical (unpaired) electrons. The highest BCUT2D eigenvalue weighted by molar-refractivity contribution is 7.99. The summed E-state index contributed by atoms with van der Waals surface area (Å²) in [4.78, 5) is 12.0. The number of thioether (sulfide) groups is 1. The number of esters is 1. The monoisotopic (exact) mass is 322 g/mol. The molecule has 0 aliphatic carbocycles. The highest BCUT2D eigenvalue weighted by Gasteiger charge is 2.40. The molecule has 0 aromatic rings. The first-order valence-corrected chi connectivity index (χ1v) is 9.64. The molecule has 2 saturated heterocycles. The number of hydrogen-bond acceptors (Lipinski definition) is 5. The molecule has 8 heteroatoms. The molecular weight excluding hydrogens is 300 g/mol. The molecule has 2 fully saturated rings. The Kier molecular flexibility index (Phi) is 5.71. The van der Waals surface area contributed by atoms with Gasteiger partial charge in [0.25, 0.3) is 10.2 Å². The number of ether oxygens (including phenoxy) is 1. The number of carbonyl (C=O) groups is 1. The second-order valence-corrected chi connectivity index (χ2v) is 8.00. The molecule has 0 aromatic heterocycles. The van der Waals surface area contributed by atoms with E-state index in [4.69, 9.17) is 4.74 Å². The van der Waals surface area contributed by atoms with Gasteiger partial charge >= 0.3 is 5.97 Å². The second kappa shape index (κ2) is 7.11. The summed E-state index contributed by atoms with van der Waals surface area (Å²) in [6.45, 7) is 3.48. The molecule has 1 atom stereocenters. The van der Waals surface area contributed by atoms with Gasteiger partial charge in [0.2, 0.25) is 0 Å². The average Bonchev–Trinajstić information content (AvgIpc) is 2.48. The van der Waals surface area contributed by atoms with Crippen molar-refractivity contribution in [2.24, 2.45) is 0 Å². The van der Waals surface area contributed by atoms with Crippen molar-refractivity contribution >= 4 is 27.9 Å². The van der Waals surface area contributed by atoms with E-state index < -0.39 is 22.2 Å². The zero-order chi connectivity index (χ0) is 14.6. The number of hydrogen-bond donors (Lipinski definition) is 0. The first-order chi connectivity index (χ1) is 9.57. The molecule has 0 saturated carbocycles. The Bertz CT molecular complexity index is 435. The molecule has 116 valence electrons. The summed E-state index contributed by atoms with van der Waals surface area (Å²) >= 11 is 1.76.